The van der Waals surface area contributed by atoms with Gasteiger partial charge in [-0.1, -0.05) is 35.9 Å². The van der Waals surface area contributed by atoms with E-state index in [4.69, 9.17) is 4.74 Å². The molecule has 2 amide bonds. The van der Waals surface area contributed by atoms with Gasteiger partial charge in [0.2, 0.25) is 11.8 Å². The van der Waals surface area contributed by atoms with Crippen molar-refractivity contribution < 1.29 is 19.4 Å². The first kappa shape index (κ1) is 24.6. The summed E-state index contributed by atoms with van der Waals surface area (Å²) in [5, 5.41) is 13.2. The maximum atomic E-state index is 13.7. The van der Waals surface area contributed by atoms with E-state index in [1.165, 1.54) is 11.1 Å². The second-order valence-electron chi connectivity index (χ2n) is 9.87. The second-order valence-corrected chi connectivity index (χ2v) is 9.87. The molecule has 3 aromatic rings. The number of benzene rings is 3. The fourth-order valence-corrected chi connectivity index (χ4v) is 5.41. The van der Waals surface area contributed by atoms with Gasteiger partial charge in [-0.2, -0.15) is 0 Å². The largest absolute Gasteiger partial charge is 0.508 e. The van der Waals surface area contributed by atoms with Crippen LogP contribution in [0.1, 0.15) is 41.5 Å². The lowest BCUT2D eigenvalue weighted by molar-refractivity contribution is -0.126. The minimum atomic E-state index is -0.718. The summed E-state index contributed by atoms with van der Waals surface area (Å²) < 4.78 is 5.24. The third-order valence-corrected chi connectivity index (χ3v) is 7.39. The molecule has 0 fully saturated rings. The predicted molar refractivity (Wildman–Crippen MR) is 145 cm³/mol. The van der Waals surface area contributed by atoms with E-state index in [1.54, 1.807) is 31.2 Å². The number of fused-ring (bicyclic) bond motifs is 4. The maximum absolute atomic E-state index is 13.7. The Kier molecular flexibility index (Phi) is 6.99. The molecule has 2 aliphatic rings. The number of nitrogens with zero attached hydrogens (tertiary/aromatic N) is 1. The number of ether oxygens (including phenoxy) is 1. The Morgan fingerprint density at radius 3 is 2.57 bits per heavy atom. The minimum absolute atomic E-state index is 0.180. The summed E-state index contributed by atoms with van der Waals surface area (Å²) >= 11 is 0. The van der Waals surface area contributed by atoms with E-state index in [0.717, 1.165) is 53.6 Å². The Labute approximate surface area is 217 Å². The van der Waals surface area contributed by atoms with E-state index >= 15 is 0 Å². The molecule has 190 valence electrons. The number of allylic oxidation sites excluding steroid dienone is 1. The number of hydrogen-bond acceptors (Lipinski definition) is 4. The zero-order valence-corrected chi connectivity index (χ0v) is 21.3. The van der Waals surface area contributed by atoms with Gasteiger partial charge in [0.05, 0.1) is 13.5 Å². The van der Waals surface area contributed by atoms with Gasteiger partial charge >= 0.3 is 0 Å². The standard InChI is InChI=1S/C31H32N2O4/c1-33(24-10-13-26(37-2)14-11-24)31(36)29-16-21-7-3-5-20(15-21)6-4-8-22-17-23-9-12-25(34)18-27(23)28(22)19-30(35)32-29/h3,5,7,9-15,18,29,34H,4,6,8,16-17,19H2,1-2H3,(H,32,35)/t29-/m0/s1. The number of anilines is 1. The van der Waals surface area contributed by atoms with Gasteiger partial charge in [-0.05, 0) is 89.9 Å². The molecule has 1 heterocycles. The average molecular weight is 497 g/mol. The van der Waals surface area contributed by atoms with Crippen molar-refractivity contribution in [3.05, 3.63) is 94.6 Å². The van der Waals surface area contributed by atoms with E-state index in [2.05, 4.69) is 17.4 Å². The molecule has 1 aliphatic heterocycles. The van der Waals surface area contributed by atoms with Gasteiger partial charge < -0.3 is 20.1 Å². The van der Waals surface area contributed by atoms with Crippen LogP contribution in [0.15, 0.2) is 72.3 Å². The number of aromatic hydroxyl groups is 1. The van der Waals surface area contributed by atoms with Gasteiger partial charge in [0.1, 0.15) is 17.5 Å². The van der Waals surface area contributed by atoms with Crippen LogP contribution in [0.25, 0.3) is 5.57 Å². The summed E-state index contributed by atoms with van der Waals surface area (Å²) in [5.74, 6) is 0.530. The molecule has 1 atom stereocenters. The number of methoxy groups -OCH3 is 1. The molecule has 2 bridgehead atoms. The average Bonchev–Trinajstić information content (AvgIpc) is 3.23. The highest BCUT2D eigenvalue weighted by atomic mass is 16.5. The van der Waals surface area contributed by atoms with E-state index in [9.17, 15) is 14.7 Å². The van der Waals surface area contributed by atoms with Crippen LogP contribution in [0.5, 0.6) is 11.5 Å². The molecule has 0 saturated carbocycles. The van der Waals surface area contributed by atoms with Crippen molar-refractivity contribution in [3.8, 4) is 11.5 Å². The number of hydrogen-bond donors (Lipinski definition) is 2. The van der Waals surface area contributed by atoms with Crippen molar-refractivity contribution in [1.82, 2.24) is 5.32 Å². The van der Waals surface area contributed by atoms with Gasteiger partial charge in [-0.25, -0.2) is 0 Å². The zero-order valence-electron chi connectivity index (χ0n) is 21.3. The number of rotatable bonds is 3. The Bertz CT molecular complexity index is 1360. The summed E-state index contributed by atoms with van der Waals surface area (Å²) in [6, 6.07) is 20.3. The fraction of sp³-hybridized carbons (Fsp3) is 0.290. The molecular weight excluding hydrogens is 464 g/mol. The summed E-state index contributed by atoms with van der Waals surface area (Å²) in [6.45, 7) is 0. The van der Waals surface area contributed by atoms with Gasteiger partial charge in [0.25, 0.3) is 0 Å². The molecular formula is C31H32N2O4. The molecule has 1 aliphatic carbocycles. The van der Waals surface area contributed by atoms with Crippen molar-refractivity contribution in [2.75, 3.05) is 19.1 Å². The van der Waals surface area contributed by atoms with Crippen LogP contribution in [0, 0.1) is 0 Å². The van der Waals surface area contributed by atoms with Crippen LogP contribution in [0.4, 0.5) is 5.69 Å². The zero-order chi connectivity index (χ0) is 25.9. The number of phenols is 1. The Hall–Kier alpha value is -4.06. The molecule has 5 rings (SSSR count). The monoisotopic (exact) mass is 496 g/mol. The summed E-state index contributed by atoms with van der Waals surface area (Å²) in [5.41, 5.74) is 7.27. The highest BCUT2D eigenvalue weighted by molar-refractivity contribution is 6.00. The number of aryl methyl sites for hydroxylation is 1. The number of nitrogens with one attached hydrogen (secondary N) is 1. The topological polar surface area (TPSA) is 78.9 Å². The first-order valence-corrected chi connectivity index (χ1v) is 12.7. The van der Waals surface area contributed by atoms with Crippen molar-refractivity contribution in [2.45, 2.75) is 44.6 Å². The quantitative estimate of drug-likeness (QED) is 0.545. The van der Waals surface area contributed by atoms with Gasteiger partial charge in [0.15, 0.2) is 0 Å². The molecule has 6 nitrogen and oxygen atoms in total. The van der Waals surface area contributed by atoms with Crippen molar-refractivity contribution in [3.63, 3.8) is 0 Å². The summed E-state index contributed by atoms with van der Waals surface area (Å²) in [6.07, 6.45) is 4.18. The Morgan fingerprint density at radius 2 is 1.78 bits per heavy atom. The first-order valence-electron chi connectivity index (χ1n) is 12.7. The third-order valence-electron chi connectivity index (χ3n) is 7.39. The highest BCUT2D eigenvalue weighted by Gasteiger charge is 2.28. The number of likely N-dealkylation sites (N-methyl/N-ethyl adjacent to an activating group) is 1. The first-order chi connectivity index (χ1) is 17.9. The number of carbonyl (C=O) groups excluding carboxylic acids is 2. The van der Waals surface area contributed by atoms with Crippen LogP contribution < -0.4 is 15.0 Å². The van der Waals surface area contributed by atoms with E-state index in [0.29, 0.717) is 12.2 Å². The molecule has 0 saturated heterocycles. The van der Waals surface area contributed by atoms with Gasteiger partial charge in [-0.3, -0.25) is 9.59 Å². The fourth-order valence-electron chi connectivity index (χ4n) is 5.41. The van der Waals surface area contributed by atoms with Crippen molar-refractivity contribution in [2.24, 2.45) is 0 Å². The molecule has 0 spiro atoms. The maximum Gasteiger partial charge on any atom is 0.249 e. The molecule has 2 N–H and O–H groups in total. The van der Waals surface area contributed by atoms with Crippen LogP contribution in [-0.4, -0.2) is 37.1 Å². The molecule has 3 aromatic carbocycles. The van der Waals surface area contributed by atoms with Crippen LogP contribution in [-0.2, 0) is 28.9 Å². The van der Waals surface area contributed by atoms with Crippen LogP contribution in [0.2, 0.25) is 0 Å². The smallest absolute Gasteiger partial charge is 0.249 e. The second kappa shape index (κ2) is 10.5. The molecule has 37 heavy (non-hydrogen) atoms. The minimum Gasteiger partial charge on any atom is -0.508 e. The van der Waals surface area contributed by atoms with Crippen molar-refractivity contribution in [1.29, 1.82) is 0 Å². The third kappa shape index (κ3) is 5.38. The van der Waals surface area contributed by atoms with Gasteiger partial charge in [0, 0.05) is 19.2 Å². The molecule has 6 heteroatoms. The molecule has 0 unspecified atom stereocenters. The SMILES string of the molecule is COc1ccc(N(C)C(=O)[C@@H]2Cc3cccc(c3)CCCC3=C(CC(=O)N2)c2cc(O)ccc2C3)cc1. The molecule has 0 aromatic heterocycles. The summed E-state index contributed by atoms with van der Waals surface area (Å²) in [4.78, 5) is 28.7. The van der Waals surface area contributed by atoms with Gasteiger partial charge in [-0.15, -0.1) is 0 Å². The van der Waals surface area contributed by atoms with Crippen molar-refractivity contribution >= 4 is 23.1 Å². The van der Waals surface area contributed by atoms with E-state index < -0.39 is 6.04 Å². The molecule has 0 radical (unpaired) electrons. The number of phenolic OH excluding ortho intramolecular Hbond substituents is 1. The predicted octanol–water partition coefficient (Wildman–Crippen LogP) is 4.83. The normalized spacial score (nSPS) is 17.5. The Balaban J connectivity index is 1.46. The Morgan fingerprint density at radius 1 is 1.00 bits per heavy atom. The van der Waals surface area contributed by atoms with Crippen LogP contribution in [0.3, 0.4) is 0 Å². The van der Waals surface area contributed by atoms with E-state index in [-0.39, 0.29) is 24.0 Å². The highest BCUT2D eigenvalue weighted by Crippen LogP contribution is 2.39. The van der Waals surface area contributed by atoms with Crippen LogP contribution >= 0.6 is 0 Å². The number of amides is 2. The lowest BCUT2D eigenvalue weighted by Gasteiger charge is -2.25. The summed E-state index contributed by atoms with van der Waals surface area (Å²) in [7, 11) is 3.33. The lowest BCUT2D eigenvalue weighted by Crippen LogP contribution is -2.48. The lowest BCUT2D eigenvalue weighted by atomic mass is 9.97. The number of carbonyl (C=O) groups is 2. The van der Waals surface area contributed by atoms with E-state index in [1.807, 2.05) is 42.5 Å².